The average Bonchev–Trinajstić information content (AvgIpc) is 3.01. The number of pyridine rings is 1. The van der Waals surface area contributed by atoms with Crippen LogP contribution < -0.4 is 5.32 Å². The van der Waals surface area contributed by atoms with Crippen molar-refractivity contribution in [2.24, 2.45) is 0 Å². The molecule has 128 valence electrons. The van der Waals surface area contributed by atoms with Crippen LogP contribution in [-0.4, -0.2) is 20.7 Å². The van der Waals surface area contributed by atoms with Crippen LogP contribution >= 0.6 is 0 Å². The molecule has 0 unspecified atom stereocenters. The van der Waals surface area contributed by atoms with Gasteiger partial charge in [-0.15, -0.1) is 0 Å². The molecule has 0 atom stereocenters. The Morgan fingerprint density at radius 2 is 1.88 bits per heavy atom. The summed E-state index contributed by atoms with van der Waals surface area (Å²) in [4.78, 5) is 17.0. The van der Waals surface area contributed by atoms with E-state index in [9.17, 15) is 9.18 Å². The van der Waals surface area contributed by atoms with Crippen LogP contribution in [0.4, 0.5) is 10.2 Å². The van der Waals surface area contributed by atoms with Crippen LogP contribution in [0.5, 0.6) is 0 Å². The van der Waals surface area contributed by atoms with Gasteiger partial charge in [-0.05, 0) is 43.3 Å². The van der Waals surface area contributed by atoms with E-state index in [1.54, 1.807) is 16.8 Å². The van der Waals surface area contributed by atoms with Gasteiger partial charge in [-0.25, -0.2) is 9.37 Å². The number of carbonyl (C=O) groups excluding carboxylic acids is 1. The minimum Gasteiger partial charge on any atom is -0.306 e. The lowest BCUT2D eigenvalue weighted by Crippen LogP contribution is -2.15. The lowest BCUT2D eigenvalue weighted by molar-refractivity contribution is 0.102. The van der Waals surface area contributed by atoms with E-state index in [0.29, 0.717) is 11.6 Å². The first-order chi connectivity index (χ1) is 12.6. The Morgan fingerprint density at radius 3 is 2.73 bits per heavy atom. The first-order valence-electron chi connectivity index (χ1n) is 8.10. The smallest absolute Gasteiger partial charge is 0.256 e. The third-order valence-corrected chi connectivity index (χ3v) is 3.96. The van der Waals surface area contributed by atoms with E-state index in [1.807, 2.05) is 43.3 Å². The summed E-state index contributed by atoms with van der Waals surface area (Å²) in [5, 5.41) is 8.21. The summed E-state index contributed by atoms with van der Waals surface area (Å²) in [6.45, 7) is 1.83. The zero-order valence-corrected chi connectivity index (χ0v) is 14.0. The summed E-state index contributed by atoms with van der Waals surface area (Å²) in [5.41, 5.74) is 1.80. The average molecular weight is 346 g/mol. The second-order valence-corrected chi connectivity index (χ2v) is 5.91. The lowest BCUT2D eigenvalue weighted by Gasteiger charge is -2.09. The molecule has 2 aromatic carbocycles. The molecule has 4 rings (SSSR count). The molecule has 0 saturated heterocycles. The van der Waals surface area contributed by atoms with Crippen molar-refractivity contribution in [2.45, 2.75) is 6.92 Å². The third-order valence-electron chi connectivity index (χ3n) is 3.96. The monoisotopic (exact) mass is 346 g/mol. The Hall–Kier alpha value is -3.54. The number of halogens is 1. The second kappa shape index (κ2) is 6.40. The van der Waals surface area contributed by atoms with Gasteiger partial charge in [0, 0.05) is 17.0 Å². The van der Waals surface area contributed by atoms with E-state index < -0.39 is 11.7 Å². The number of aromatic nitrogens is 3. The molecule has 0 aliphatic carbocycles. The Balaban J connectivity index is 1.71. The van der Waals surface area contributed by atoms with E-state index >= 15 is 0 Å². The largest absolute Gasteiger partial charge is 0.306 e. The number of benzene rings is 2. The first-order valence-corrected chi connectivity index (χ1v) is 8.10. The van der Waals surface area contributed by atoms with Gasteiger partial charge >= 0.3 is 0 Å². The Bertz CT molecular complexity index is 1120. The number of nitrogens with one attached hydrogen (secondary N) is 1. The van der Waals surface area contributed by atoms with Gasteiger partial charge in [0.2, 0.25) is 0 Å². The molecule has 4 aromatic rings. The highest BCUT2D eigenvalue weighted by Crippen LogP contribution is 2.20. The quantitative estimate of drug-likeness (QED) is 0.607. The van der Waals surface area contributed by atoms with Gasteiger partial charge in [0.25, 0.3) is 5.91 Å². The number of aryl methyl sites for hydroxylation is 1. The minimum atomic E-state index is -0.460. The SMILES string of the molecule is Cc1cc(NC(=O)c2cccc(F)c2)n(-c2ccc3ccccc3n2)n1. The number of rotatable bonds is 3. The van der Waals surface area contributed by atoms with Crippen LogP contribution in [0, 0.1) is 12.7 Å². The van der Waals surface area contributed by atoms with Gasteiger partial charge in [-0.1, -0.05) is 24.3 Å². The molecule has 0 fully saturated rings. The normalized spacial score (nSPS) is 10.8. The van der Waals surface area contributed by atoms with Gasteiger partial charge in [0.15, 0.2) is 5.82 Å². The molecule has 5 nitrogen and oxygen atoms in total. The Morgan fingerprint density at radius 1 is 1.04 bits per heavy atom. The molecule has 2 aromatic heterocycles. The fourth-order valence-corrected chi connectivity index (χ4v) is 2.75. The molecule has 0 aliphatic heterocycles. The summed E-state index contributed by atoms with van der Waals surface area (Å²) in [5.74, 6) is 0.191. The van der Waals surface area contributed by atoms with Crippen LogP contribution in [0.25, 0.3) is 16.7 Å². The second-order valence-electron chi connectivity index (χ2n) is 5.91. The molecule has 0 saturated carbocycles. The van der Waals surface area contributed by atoms with E-state index in [-0.39, 0.29) is 5.56 Å². The van der Waals surface area contributed by atoms with Crippen molar-refractivity contribution in [1.82, 2.24) is 14.8 Å². The number of carbonyl (C=O) groups is 1. The highest BCUT2D eigenvalue weighted by molar-refractivity contribution is 6.04. The molecule has 0 spiro atoms. The molecule has 0 bridgehead atoms. The molecular weight excluding hydrogens is 331 g/mol. The summed E-state index contributed by atoms with van der Waals surface area (Å²) in [7, 11) is 0. The lowest BCUT2D eigenvalue weighted by atomic mass is 10.2. The number of hydrogen-bond donors (Lipinski definition) is 1. The van der Waals surface area contributed by atoms with Crippen LogP contribution in [0.3, 0.4) is 0 Å². The molecule has 1 N–H and O–H groups in total. The van der Waals surface area contributed by atoms with Crippen molar-refractivity contribution in [3.8, 4) is 5.82 Å². The standard InChI is InChI=1S/C20H15FN4O/c1-13-11-19(23-20(26)15-6-4-7-16(21)12-15)25(24-13)18-10-9-14-5-2-3-8-17(14)22-18/h2-12H,1H3,(H,23,26). The van der Waals surface area contributed by atoms with Gasteiger partial charge in [0.05, 0.1) is 11.2 Å². The third kappa shape index (κ3) is 3.04. The van der Waals surface area contributed by atoms with Crippen molar-refractivity contribution < 1.29 is 9.18 Å². The first kappa shape index (κ1) is 16.0. The molecule has 0 radical (unpaired) electrons. The van der Waals surface area contributed by atoms with E-state index in [4.69, 9.17) is 0 Å². The topological polar surface area (TPSA) is 59.8 Å². The number of amides is 1. The highest BCUT2D eigenvalue weighted by atomic mass is 19.1. The van der Waals surface area contributed by atoms with Crippen LogP contribution in [0.2, 0.25) is 0 Å². The molecule has 0 aliphatic rings. The van der Waals surface area contributed by atoms with Crippen molar-refractivity contribution in [1.29, 1.82) is 0 Å². The number of fused-ring (bicyclic) bond motifs is 1. The fraction of sp³-hybridized carbons (Fsp3) is 0.0500. The minimum absolute atomic E-state index is 0.238. The van der Waals surface area contributed by atoms with Gasteiger partial charge in [-0.3, -0.25) is 4.79 Å². The van der Waals surface area contributed by atoms with Crippen molar-refractivity contribution in [2.75, 3.05) is 5.32 Å². The zero-order chi connectivity index (χ0) is 18.1. The maximum Gasteiger partial charge on any atom is 0.256 e. The van der Waals surface area contributed by atoms with Crippen LogP contribution in [0.15, 0.2) is 66.7 Å². The fourth-order valence-electron chi connectivity index (χ4n) is 2.75. The Labute approximate surface area is 149 Å². The number of para-hydroxylation sites is 1. The molecule has 2 heterocycles. The predicted octanol–water partition coefficient (Wildman–Crippen LogP) is 4.12. The zero-order valence-electron chi connectivity index (χ0n) is 14.0. The number of nitrogens with zero attached hydrogens (tertiary/aromatic N) is 3. The predicted molar refractivity (Wildman–Crippen MR) is 98.0 cm³/mol. The van der Waals surface area contributed by atoms with E-state index in [2.05, 4.69) is 15.4 Å². The summed E-state index contributed by atoms with van der Waals surface area (Å²) < 4.78 is 14.9. The number of anilines is 1. The van der Waals surface area contributed by atoms with Crippen LogP contribution in [-0.2, 0) is 0 Å². The maximum absolute atomic E-state index is 13.4. The van der Waals surface area contributed by atoms with E-state index in [1.165, 1.54) is 18.2 Å². The summed E-state index contributed by atoms with van der Waals surface area (Å²) >= 11 is 0. The van der Waals surface area contributed by atoms with E-state index in [0.717, 1.165) is 16.6 Å². The summed E-state index contributed by atoms with van der Waals surface area (Å²) in [6, 6.07) is 18.8. The molecule has 6 heteroatoms. The highest BCUT2D eigenvalue weighted by Gasteiger charge is 2.14. The van der Waals surface area contributed by atoms with Gasteiger partial charge < -0.3 is 5.32 Å². The van der Waals surface area contributed by atoms with Crippen molar-refractivity contribution >= 4 is 22.6 Å². The maximum atomic E-state index is 13.4. The van der Waals surface area contributed by atoms with Crippen molar-refractivity contribution in [3.63, 3.8) is 0 Å². The van der Waals surface area contributed by atoms with Gasteiger partial charge in [0.1, 0.15) is 11.6 Å². The Kier molecular flexibility index (Phi) is 3.93. The molecular formula is C20H15FN4O. The molecule has 26 heavy (non-hydrogen) atoms. The van der Waals surface area contributed by atoms with Crippen molar-refractivity contribution in [3.05, 3.63) is 83.8 Å². The summed E-state index contributed by atoms with van der Waals surface area (Å²) in [6.07, 6.45) is 0. The number of hydrogen-bond acceptors (Lipinski definition) is 3. The van der Waals surface area contributed by atoms with Gasteiger partial charge in [-0.2, -0.15) is 9.78 Å². The molecule has 1 amide bonds. The van der Waals surface area contributed by atoms with Crippen LogP contribution in [0.1, 0.15) is 16.1 Å².